The van der Waals surface area contributed by atoms with Gasteiger partial charge < -0.3 is 14.7 Å². The van der Waals surface area contributed by atoms with E-state index in [1.807, 2.05) is 0 Å². The molecule has 0 bridgehead atoms. The molecule has 0 saturated carbocycles. The zero-order valence-electron chi connectivity index (χ0n) is 11.1. The molecule has 0 radical (unpaired) electrons. The van der Waals surface area contributed by atoms with Gasteiger partial charge in [0.25, 0.3) is 0 Å². The first kappa shape index (κ1) is 14.5. The maximum absolute atomic E-state index is 11.5. The van der Waals surface area contributed by atoms with Gasteiger partial charge in [-0.3, -0.25) is 4.79 Å². The van der Waals surface area contributed by atoms with E-state index in [2.05, 4.69) is 18.7 Å². The molecule has 1 N–H and O–H groups in total. The highest BCUT2D eigenvalue weighted by Gasteiger charge is 2.41. The predicted molar refractivity (Wildman–Crippen MR) is 67.1 cm³/mol. The van der Waals surface area contributed by atoms with E-state index in [0.717, 1.165) is 38.8 Å². The highest BCUT2D eigenvalue weighted by molar-refractivity contribution is 5.75. The van der Waals surface area contributed by atoms with Gasteiger partial charge in [-0.15, -0.1) is 0 Å². The van der Waals surface area contributed by atoms with Gasteiger partial charge in [-0.2, -0.15) is 0 Å². The Morgan fingerprint density at radius 3 is 2.41 bits per heavy atom. The van der Waals surface area contributed by atoms with Crippen molar-refractivity contribution in [3.8, 4) is 0 Å². The SMILES string of the molecule is CCCN(CCC)CC1(C(=O)O)CCCOC1. The van der Waals surface area contributed by atoms with Crippen LogP contribution in [0.4, 0.5) is 0 Å². The first-order valence-electron chi connectivity index (χ1n) is 6.68. The molecule has 4 nitrogen and oxygen atoms in total. The van der Waals surface area contributed by atoms with E-state index in [9.17, 15) is 9.90 Å². The second kappa shape index (κ2) is 6.97. The van der Waals surface area contributed by atoms with Crippen molar-refractivity contribution in [2.24, 2.45) is 5.41 Å². The largest absolute Gasteiger partial charge is 0.481 e. The minimum atomic E-state index is -0.700. The molecule has 0 spiro atoms. The van der Waals surface area contributed by atoms with Gasteiger partial charge in [-0.1, -0.05) is 13.8 Å². The molecule has 100 valence electrons. The standard InChI is InChI=1S/C13H25NO3/c1-3-7-14(8-4-2)10-13(12(15)16)6-5-9-17-11-13/h3-11H2,1-2H3,(H,15,16). The number of carboxylic acid groups (broad SMARTS) is 1. The maximum Gasteiger partial charge on any atom is 0.313 e. The summed E-state index contributed by atoms with van der Waals surface area (Å²) in [4.78, 5) is 13.8. The lowest BCUT2D eigenvalue weighted by Crippen LogP contribution is -2.48. The van der Waals surface area contributed by atoms with Gasteiger partial charge in [-0.25, -0.2) is 0 Å². The third-order valence-electron chi connectivity index (χ3n) is 3.38. The van der Waals surface area contributed by atoms with Crippen LogP contribution in [0.15, 0.2) is 0 Å². The summed E-state index contributed by atoms with van der Waals surface area (Å²) in [5, 5.41) is 9.47. The van der Waals surface area contributed by atoms with Crippen molar-refractivity contribution in [1.29, 1.82) is 0 Å². The summed E-state index contributed by atoms with van der Waals surface area (Å²) in [6.07, 6.45) is 3.73. The molecule has 1 unspecified atom stereocenters. The quantitative estimate of drug-likeness (QED) is 0.743. The topological polar surface area (TPSA) is 49.8 Å². The first-order valence-corrected chi connectivity index (χ1v) is 6.68. The van der Waals surface area contributed by atoms with Gasteiger partial charge in [-0.05, 0) is 38.8 Å². The minimum absolute atomic E-state index is 0.367. The fourth-order valence-corrected chi connectivity index (χ4v) is 2.54. The number of rotatable bonds is 7. The lowest BCUT2D eigenvalue weighted by atomic mass is 9.82. The third-order valence-corrected chi connectivity index (χ3v) is 3.38. The Bertz CT molecular complexity index is 231. The van der Waals surface area contributed by atoms with Crippen LogP contribution in [0.1, 0.15) is 39.5 Å². The fraction of sp³-hybridized carbons (Fsp3) is 0.923. The lowest BCUT2D eigenvalue weighted by Gasteiger charge is -2.37. The van der Waals surface area contributed by atoms with Crippen molar-refractivity contribution in [1.82, 2.24) is 4.90 Å². The minimum Gasteiger partial charge on any atom is -0.481 e. The fourth-order valence-electron chi connectivity index (χ4n) is 2.54. The Balaban J connectivity index is 2.66. The zero-order valence-corrected chi connectivity index (χ0v) is 11.1. The van der Waals surface area contributed by atoms with E-state index in [0.29, 0.717) is 19.8 Å². The van der Waals surface area contributed by atoms with Gasteiger partial charge in [0, 0.05) is 13.2 Å². The molecule has 17 heavy (non-hydrogen) atoms. The number of carboxylic acids is 1. The number of nitrogens with zero attached hydrogens (tertiary/aromatic N) is 1. The molecule has 1 heterocycles. The van der Waals surface area contributed by atoms with E-state index in [-0.39, 0.29) is 0 Å². The number of ether oxygens (including phenoxy) is 1. The Labute approximate surface area is 104 Å². The summed E-state index contributed by atoms with van der Waals surface area (Å²) < 4.78 is 5.40. The van der Waals surface area contributed by atoms with Crippen molar-refractivity contribution in [3.63, 3.8) is 0 Å². The van der Waals surface area contributed by atoms with Gasteiger partial charge in [0.1, 0.15) is 5.41 Å². The Morgan fingerprint density at radius 1 is 1.35 bits per heavy atom. The van der Waals surface area contributed by atoms with Gasteiger partial charge in [0.05, 0.1) is 6.61 Å². The van der Waals surface area contributed by atoms with Gasteiger partial charge in [0.15, 0.2) is 0 Å². The van der Waals surface area contributed by atoms with Crippen molar-refractivity contribution < 1.29 is 14.6 Å². The monoisotopic (exact) mass is 243 g/mol. The second-order valence-electron chi connectivity index (χ2n) is 5.02. The molecule has 0 aromatic rings. The van der Waals surface area contributed by atoms with Crippen LogP contribution in [-0.4, -0.2) is 48.8 Å². The summed E-state index contributed by atoms with van der Waals surface area (Å²) in [5.74, 6) is -0.700. The molecule has 0 aromatic carbocycles. The third kappa shape index (κ3) is 3.96. The molecule has 1 aliphatic heterocycles. The summed E-state index contributed by atoms with van der Waals surface area (Å²) in [6.45, 7) is 7.92. The van der Waals surface area contributed by atoms with Gasteiger partial charge in [0.2, 0.25) is 0 Å². The molecule has 0 aromatic heterocycles. The molecule has 1 rings (SSSR count). The zero-order chi connectivity index (χ0) is 12.7. The number of hydrogen-bond donors (Lipinski definition) is 1. The van der Waals surface area contributed by atoms with Crippen molar-refractivity contribution in [3.05, 3.63) is 0 Å². The van der Waals surface area contributed by atoms with Gasteiger partial charge >= 0.3 is 5.97 Å². The van der Waals surface area contributed by atoms with E-state index in [1.54, 1.807) is 0 Å². The second-order valence-corrected chi connectivity index (χ2v) is 5.02. The number of hydrogen-bond acceptors (Lipinski definition) is 3. The van der Waals surface area contributed by atoms with Crippen LogP contribution in [-0.2, 0) is 9.53 Å². The number of aliphatic carboxylic acids is 1. The van der Waals surface area contributed by atoms with Crippen LogP contribution in [0.5, 0.6) is 0 Å². The molecule has 0 aliphatic carbocycles. The van der Waals surface area contributed by atoms with E-state index in [1.165, 1.54) is 0 Å². The number of carbonyl (C=O) groups is 1. The molecule has 4 heteroatoms. The van der Waals surface area contributed by atoms with Crippen LogP contribution in [0.25, 0.3) is 0 Å². The van der Waals surface area contributed by atoms with Crippen LogP contribution >= 0.6 is 0 Å². The Kier molecular flexibility index (Phi) is 5.92. The highest BCUT2D eigenvalue weighted by Crippen LogP contribution is 2.30. The summed E-state index contributed by atoms with van der Waals surface area (Å²) in [6, 6.07) is 0. The highest BCUT2D eigenvalue weighted by atomic mass is 16.5. The normalized spacial score (nSPS) is 25.1. The van der Waals surface area contributed by atoms with Crippen molar-refractivity contribution >= 4 is 5.97 Å². The predicted octanol–water partition coefficient (Wildman–Crippen LogP) is 1.99. The summed E-state index contributed by atoms with van der Waals surface area (Å²) in [5.41, 5.74) is -0.678. The smallest absolute Gasteiger partial charge is 0.313 e. The maximum atomic E-state index is 11.5. The molecular formula is C13H25NO3. The van der Waals surface area contributed by atoms with E-state index >= 15 is 0 Å². The van der Waals surface area contributed by atoms with Crippen LogP contribution in [0, 0.1) is 5.41 Å². The van der Waals surface area contributed by atoms with Crippen molar-refractivity contribution in [2.45, 2.75) is 39.5 Å². The Morgan fingerprint density at radius 2 is 2.00 bits per heavy atom. The molecule has 1 aliphatic rings. The van der Waals surface area contributed by atoms with Crippen LogP contribution in [0.3, 0.4) is 0 Å². The summed E-state index contributed by atoms with van der Waals surface area (Å²) in [7, 11) is 0. The summed E-state index contributed by atoms with van der Waals surface area (Å²) >= 11 is 0. The molecule has 1 saturated heterocycles. The van der Waals surface area contributed by atoms with E-state index < -0.39 is 11.4 Å². The average molecular weight is 243 g/mol. The van der Waals surface area contributed by atoms with Crippen molar-refractivity contribution in [2.75, 3.05) is 32.8 Å². The molecule has 1 fully saturated rings. The van der Waals surface area contributed by atoms with Crippen LogP contribution in [0.2, 0.25) is 0 Å². The van der Waals surface area contributed by atoms with E-state index in [4.69, 9.17) is 4.74 Å². The van der Waals surface area contributed by atoms with Crippen LogP contribution < -0.4 is 0 Å². The molecular weight excluding hydrogens is 218 g/mol. The molecule has 0 amide bonds. The Hall–Kier alpha value is -0.610. The molecule has 1 atom stereocenters. The lowest BCUT2D eigenvalue weighted by molar-refractivity contribution is -0.159. The first-order chi connectivity index (χ1) is 8.14. The average Bonchev–Trinajstić information content (AvgIpc) is 2.30.